The highest BCUT2D eigenvalue weighted by molar-refractivity contribution is 6.31. The van der Waals surface area contributed by atoms with Crippen LogP contribution in [0.3, 0.4) is 0 Å². The average molecular weight is 946 g/mol. The number of hydrogen-bond acceptors (Lipinski definition) is 10. The Hall–Kier alpha value is -6.67. The smallest absolute Gasteiger partial charge is 0.410 e. The number of amides is 4. The van der Waals surface area contributed by atoms with Gasteiger partial charge < -0.3 is 41.4 Å². The summed E-state index contributed by atoms with van der Waals surface area (Å²) in [6.07, 6.45) is 4.09. The molecule has 1 aliphatic carbocycles. The second-order valence-corrected chi connectivity index (χ2v) is 18.7. The van der Waals surface area contributed by atoms with Gasteiger partial charge in [0.2, 0.25) is 0 Å². The highest BCUT2D eigenvalue weighted by Crippen LogP contribution is 2.44. The van der Waals surface area contributed by atoms with E-state index in [1.165, 1.54) is 0 Å². The van der Waals surface area contributed by atoms with Crippen molar-refractivity contribution in [3.8, 4) is 11.1 Å². The summed E-state index contributed by atoms with van der Waals surface area (Å²) in [4.78, 5) is 65.8. The predicted molar refractivity (Wildman–Crippen MR) is 268 cm³/mol. The topological polar surface area (TPSA) is 195 Å². The van der Waals surface area contributed by atoms with Gasteiger partial charge in [0.05, 0.1) is 0 Å². The van der Waals surface area contributed by atoms with Crippen molar-refractivity contribution in [1.29, 1.82) is 0 Å². The molecule has 4 aromatic carbocycles. The zero-order valence-corrected chi connectivity index (χ0v) is 40.6. The Bertz CT molecular complexity index is 2490. The number of aryl methyl sites for hydroxylation is 1. The molecular weight excluding hydrogens is 880 g/mol. The molecule has 68 heavy (non-hydrogen) atoms. The predicted octanol–water partition coefficient (Wildman–Crippen LogP) is 9.23. The summed E-state index contributed by atoms with van der Waals surface area (Å²) in [5.74, 6) is -1.52. The molecule has 0 saturated heterocycles. The van der Waals surface area contributed by atoms with Crippen LogP contribution in [0.5, 0.6) is 0 Å². The first-order chi connectivity index (χ1) is 32.6. The summed E-state index contributed by atoms with van der Waals surface area (Å²) in [6, 6.07) is 31.8. The Morgan fingerprint density at radius 2 is 1.44 bits per heavy atom. The molecule has 0 radical (unpaired) electrons. The first kappa shape index (κ1) is 50.7. The normalized spacial score (nSPS) is 12.4. The van der Waals surface area contributed by atoms with Crippen molar-refractivity contribution < 1.29 is 28.7 Å². The van der Waals surface area contributed by atoms with Gasteiger partial charge in [0.15, 0.2) is 22.5 Å². The highest BCUT2D eigenvalue weighted by Gasteiger charge is 2.30. The van der Waals surface area contributed by atoms with E-state index in [-0.39, 0.29) is 73.0 Å². The van der Waals surface area contributed by atoms with Crippen LogP contribution in [0.4, 0.5) is 21.2 Å². The Kier molecular flexibility index (Phi) is 17.8. The Balaban J connectivity index is 1.12. The number of carbonyl (C=O) groups excluding carboxylic acids is 4. The molecule has 1 heterocycles. The van der Waals surface area contributed by atoms with Crippen molar-refractivity contribution in [3.05, 3.63) is 141 Å². The quantitative estimate of drug-likeness (QED) is 0.0515. The van der Waals surface area contributed by atoms with Crippen LogP contribution in [0.15, 0.2) is 97.1 Å². The summed E-state index contributed by atoms with van der Waals surface area (Å²) < 4.78 is 11.9. The molecule has 14 nitrogen and oxygen atoms in total. The van der Waals surface area contributed by atoms with Gasteiger partial charge in [-0.15, -0.1) is 0 Å². The minimum Gasteiger partial charge on any atom is -0.448 e. The zero-order chi connectivity index (χ0) is 48.8. The number of carbonyl (C=O) groups is 4. The first-order valence-corrected chi connectivity index (χ1v) is 23.9. The van der Waals surface area contributed by atoms with Gasteiger partial charge in [-0.25, -0.2) is 19.6 Å². The van der Waals surface area contributed by atoms with E-state index in [9.17, 15) is 19.2 Å². The number of nitrogens with one attached hydrogen (secondary N) is 2. The standard InChI is InChI=1S/C53H65ClN8O6/c1-6-7-8-16-27-61(51(65)67-34-44-42-21-14-12-19-40(42)41-20-13-15-22-43(41)44)29-26-57-49(63)39-24-23-38(35(2)30-39)31-37(32-58-50(64)45-47(55)60-48(56)46(54)59-45)33-62(52(66)68-53(3,4)5)28-25-36-17-10-9-11-18-36/h9-15,17-24,30,37,44H,6-8,16,25-29,31-34H2,1-5H3,(H,57,63)(H,58,64)(H4,55,56,60)/t37-/m0/s1. The van der Waals surface area contributed by atoms with E-state index in [1.54, 1.807) is 15.9 Å². The molecule has 0 fully saturated rings. The van der Waals surface area contributed by atoms with Crippen molar-refractivity contribution in [3.63, 3.8) is 0 Å². The number of nitrogen functional groups attached to an aromatic ring is 2. The second-order valence-electron chi connectivity index (χ2n) is 18.3. The minimum absolute atomic E-state index is 0.0554. The molecule has 1 atom stereocenters. The number of hydrogen-bond donors (Lipinski definition) is 4. The van der Waals surface area contributed by atoms with E-state index in [0.29, 0.717) is 31.5 Å². The molecule has 5 aromatic rings. The third-order valence-corrected chi connectivity index (χ3v) is 12.2. The van der Waals surface area contributed by atoms with E-state index in [4.69, 9.17) is 32.5 Å². The van der Waals surface area contributed by atoms with Gasteiger partial charge >= 0.3 is 12.2 Å². The number of nitrogens with two attached hydrogens (primary N) is 2. The van der Waals surface area contributed by atoms with Crippen LogP contribution in [0.1, 0.15) is 108 Å². The van der Waals surface area contributed by atoms with Crippen molar-refractivity contribution in [1.82, 2.24) is 30.4 Å². The number of aromatic nitrogens is 2. The third kappa shape index (κ3) is 13.9. The molecule has 1 aromatic heterocycles. The fraction of sp³-hybridized carbons (Fsp3) is 0.396. The van der Waals surface area contributed by atoms with Gasteiger partial charge in [0, 0.05) is 50.7 Å². The van der Waals surface area contributed by atoms with Gasteiger partial charge in [-0.05, 0) is 104 Å². The number of unbranched alkanes of at least 4 members (excludes halogenated alkanes) is 3. The van der Waals surface area contributed by atoms with Crippen molar-refractivity contribution in [2.75, 3.05) is 57.3 Å². The van der Waals surface area contributed by atoms with Crippen LogP contribution in [0.2, 0.25) is 5.15 Å². The average Bonchev–Trinajstić information content (AvgIpc) is 3.63. The van der Waals surface area contributed by atoms with E-state index < -0.39 is 23.7 Å². The molecule has 0 aliphatic heterocycles. The lowest BCUT2D eigenvalue weighted by molar-refractivity contribution is 0.0222. The fourth-order valence-electron chi connectivity index (χ4n) is 8.43. The molecule has 6 N–H and O–H groups in total. The largest absolute Gasteiger partial charge is 0.448 e. The lowest BCUT2D eigenvalue weighted by Crippen LogP contribution is -2.44. The van der Waals surface area contributed by atoms with Gasteiger partial charge in [0.1, 0.15) is 12.2 Å². The Morgan fingerprint density at radius 1 is 0.765 bits per heavy atom. The summed E-state index contributed by atoms with van der Waals surface area (Å²) in [5.41, 5.74) is 18.7. The lowest BCUT2D eigenvalue weighted by Gasteiger charge is -2.31. The van der Waals surface area contributed by atoms with E-state index in [2.05, 4.69) is 51.8 Å². The maximum Gasteiger partial charge on any atom is 0.410 e. The molecule has 0 bridgehead atoms. The third-order valence-electron chi connectivity index (χ3n) is 12.0. The van der Waals surface area contributed by atoms with E-state index >= 15 is 0 Å². The van der Waals surface area contributed by atoms with Gasteiger partial charge in [-0.3, -0.25) is 9.59 Å². The zero-order valence-electron chi connectivity index (χ0n) is 39.9. The molecular formula is C53H65ClN8O6. The maximum atomic E-state index is 13.7. The summed E-state index contributed by atoms with van der Waals surface area (Å²) in [5, 5.41) is 5.77. The highest BCUT2D eigenvalue weighted by atomic mass is 35.5. The molecule has 0 spiro atoms. The summed E-state index contributed by atoms with van der Waals surface area (Å²) >= 11 is 6.09. The maximum absolute atomic E-state index is 13.7. The molecule has 6 rings (SSSR count). The SMILES string of the molecule is CCCCCCN(CCNC(=O)c1ccc(C[C@@H](CNC(=O)c2nc(Cl)c(N)nc2N)CN(CCc2ccccc2)C(=O)OC(C)(C)C)c(C)c1)C(=O)OCC1c2ccccc2-c2ccccc21. The van der Waals surface area contributed by atoms with Gasteiger partial charge in [0.25, 0.3) is 11.8 Å². The molecule has 0 unspecified atom stereocenters. The number of nitrogens with zero attached hydrogens (tertiary/aromatic N) is 4. The van der Waals surface area contributed by atoms with Crippen LogP contribution in [-0.4, -0.2) is 95.2 Å². The molecule has 1 aliphatic rings. The van der Waals surface area contributed by atoms with Crippen molar-refractivity contribution >= 4 is 47.2 Å². The number of rotatable bonds is 21. The fourth-order valence-corrected chi connectivity index (χ4v) is 8.55. The number of fused-ring (bicyclic) bond motifs is 3. The molecule has 0 saturated carbocycles. The summed E-state index contributed by atoms with van der Waals surface area (Å²) in [7, 11) is 0. The van der Waals surface area contributed by atoms with Crippen molar-refractivity contribution in [2.45, 2.75) is 84.7 Å². The van der Waals surface area contributed by atoms with Crippen LogP contribution in [-0.2, 0) is 22.3 Å². The monoisotopic (exact) mass is 944 g/mol. The molecule has 4 amide bonds. The molecule has 15 heteroatoms. The number of halogens is 1. The number of ether oxygens (including phenoxy) is 2. The number of benzene rings is 4. The number of anilines is 2. The summed E-state index contributed by atoms with van der Waals surface area (Å²) in [6.45, 7) is 11.5. The van der Waals surface area contributed by atoms with Crippen LogP contribution < -0.4 is 22.1 Å². The molecule has 360 valence electrons. The van der Waals surface area contributed by atoms with E-state index in [1.807, 2.05) is 94.4 Å². The van der Waals surface area contributed by atoms with Gasteiger partial charge in [-0.2, -0.15) is 0 Å². The Labute approximate surface area is 405 Å². The minimum atomic E-state index is -0.740. The Morgan fingerprint density at radius 3 is 2.10 bits per heavy atom. The van der Waals surface area contributed by atoms with Gasteiger partial charge in [-0.1, -0.05) is 123 Å². The van der Waals surface area contributed by atoms with Crippen molar-refractivity contribution in [2.24, 2.45) is 5.92 Å². The second kappa shape index (κ2) is 23.9. The first-order valence-electron chi connectivity index (χ1n) is 23.5. The lowest BCUT2D eigenvalue weighted by atomic mass is 9.93. The van der Waals surface area contributed by atoms with E-state index in [0.717, 1.165) is 64.6 Å². The van der Waals surface area contributed by atoms with Crippen LogP contribution in [0, 0.1) is 12.8 Å². The van der Waals surface area contributed by atoms with Crippen LogP contribution in [0.25, 0.3) is 11.1 Å². The van der Waals surface area contributed by atoms with Crippen LogP contribution >= 0.6 is 11.6 Å².